The lowest BCUT2D eigenvalue weighted by Gasteiger charge is -2.34. The highest BCUT2D eigenvalue weighted by Gasteiger charge is 2.31. The molecule has 0 aliphatic carbocycles. The van der Waals surface area contributed by atoms with Gasteiger partial charge in [0.05, 0.1) is 18.1 Å². The maximum absolute atomic E-state index is 12.8. The van der Waals surface area contributed by atoms with Crippen molar-refractivity contribution in [1.29, 1.82) is 0 Å². The van der Waals surface area contributed by atoms with Gasteiger partial charge in [-0.3, -0.25) is 14.5 Å². The smallest absolute Gasteiger partial charge is 0.244 e. The van der Waals surface area contributed by atoms with E-state index in [0.717, 1.165) is 0 Å². The molecule has 1 fully saturated rings. The van der Waals surface area contributed by atoms with Crippen molar-refractivity contribution in [1.82, 2.24) is 19.4 Å². The van der Waals surface area contributed by atoms with Gasteiger partial charge in [0.15, 0.2) is 0 Å². The number of amides is 2. The molecule has 0 spiro atoms. The Labute approximate surface area is 171 Å². The Morgan fingerprint density at radius 2 is 1.75 bits per heavy atom. The monoisotopic (exact) mass is 430 g/mol. The first-order valence-electron chi connectivity index (χ1n) is 9.11. The molecule has 0 radical (unpaired) electrons. The molecule has 8 nitrogen and oxygen atoms in total. The van der Waals surface area contributed by atoms with Crippen LogP contribution in [0.25, 0.3) is 0 Å². The fraction of sp³-hybridized carbons (Fsp3) is 0.556. The van der Waals surface area contributed by atoms with E-state index in [1.807, 2.05) is 13.8 Å². The molecular formula is C18H27ClN4O4S. The fourth-order valence-electron chi connectivity index (χ4n) is 2.97. The summed E-state index contributed by atoms with van der Waals surface area (Å²) in [6.07, 6.45) is 0. The summed E-state index contributed by atoms with van der Waals surface area (Å²) in [5, 5.41) is 2.96. The maximum Gasteiger partial charge on any atom is 0.244 e. The van der Waals surface area contributed by atoms with Gasteiger partial charge in [0, 0.05) is 32.2 Å². The lowest BCUT2D eigenvalue weighted by molar-refractivity contribution is -0.133. The van der Waals surface area contributed by atoms with Gasteiger partial charge in [-0.2, -0.15) is 4.31 Å². The number of halogens is 1. The van der Waals surface area contributed by atoms with Crippen LogP contribution in [0.5, 0.6) is 0 Å². The highest BCUT2D eigenvalue weighted by Crippen LogP contribution is 2.25. The largest absolute Gasteiger partial charge is 0.353 e. The first-order valence-corrected chi connectivity index (χ1v) is 10.9. The second kappa shape index (κ2) is 9.69. The highest BCUT2D eigenvalue weighted by atomic mass is 35.5. The number of hydrogen-bond donors (Lipinski definition) is 1. The standard InChI is InChI=1S/C18H27ClN4O4S/c1-14(2)20-17(24)12-21(3)13-18(25)22-8-10-23(11-9-22)28(26,27)16-7-5-4-6-15(16)19/h4-7,14H,8-13H2,1-3H3,(H,20,24). The lowest BCUT2D eigenvalue weighted by Crippen LogP contribution is -2.52. The summed E-state index contributed by atoms with van der Waals surface area (Å²) in [6.45, 7) is 4.99. The van der Waals surface area contributed by atoms with Crippen molar-refractivity contribution in [2.45, 2.75) is 24.8 Å². The predicted molar refractivity (Wildman–Crippen MR) is 108 cm³/mol. The van der Waals surface area contributed by atoms with Gasteiger partial charge in [0.2, 0.25) is 21.8 Å². The Bertz CT molecular complexity index is 808. The molecule has 0 bridgehead atoms. The second-order valence-electron chi connectivity index (χ2n) is 7.11. The van der Waals surface area contributed by atoms with Crippen LogP contribution < -0.4 is 5.32 Å². The summed E-state index contributed by atoms with van der Waals surface area (Å²) >= 11 is 6.03. The molecule has 28 heavy (non-hydrogen) atoms. The Morgan fingerprint density at radius 1 is 1.14 bits per heavy atom. The molecule has 2 rings (SSSR count). The molecule has 1 aromatic rings. The number of sulfonamides is 1. The molecule has 1 heterocycles. The third-order valence-electron chi connectivity index (χ3n) is 4.31. The Balaban J connectivity index is 1.88. The Morgan fingerprint density at radius 3 is 2.32 bits per heavy atom. The first-order chi connectivity index (χ1) is 13.1. The van der Waals surface area contributed by atoms with Crippen LogP contribution in [0, 0.1) is 0 Å². The minimum atomic E-state index is -3.69. The van der Waals surface area contributed by atoms with E-state index in [0.29, 0.717) is 13.1 Å². The molecule has 1 saturated heterocycles. The van der Waals surface area contributed by atoms with Crippen LogP contribution in [0.2, 0.25) is 5.02 Å². The number of nitrogens with zero attached hydrogens (tertiary/aromatic N) is 3. The molecule has 0 aromatic heterocycles. The summed E-state index contributed by atoms with van der Waals surface area (Å²) in [5.74, 6) is -0.268. The van der Waals surface area contributed by atoms with Crippen LogP contribution in [-0.4, -0.2) is 86.7 Å². The van der Waals surface area contributed by atoms with Crippen LogP contribution in [0.3, 0.4) is 0 Å². The molecule has 1 N–H and O–H groups in total. The van der Waals surface area contributed by atoms with Gasteiger partial charge in [0.25, 0.3) is 0 Å². The summed E-state index contributed by atoms with van der Waals surface area (Å²) in [4.78, 5) is 27.6. The van der Waals surface area contributed by atoms with E-state index >= 15 is 0 Å². The average Bonchev–Trinajstić information content (AvgIpc) is 2.61. The predicted octanol–water partition coefficient (Wildman–Crippen LogP) is 0.629. The van der Waals surface area contributed by atoms with Gasteiger partial charge in [-0.05, 0) is 33.0 Å². The molecule has 2 amide bonds. The van der Waals surface area contributed by atoms with Crippen molar-refractivity contribution in [3.63, 3.8) is 0 Å². The second-order valence-corrected chi connectivity index (χ2v) is 9.42. The molecular weight excluding hydrogens is 404 g/mol. The van der Waals surface area contributed by atoms with Crippen molar-refractivity contribution in [3.05, 3.63) is 29.3 Å². The molecule has 10 heteroatoms. The van der Waals surface area contributed by atoms with Gasteiger partial charge >= 0.3 is 0 Å². The molecule has 1 aromatic carbocycles. The topological polar surface area (TPSA) is 90.0 Å². The number of nitrogens with one attached hydrogen (secondary N) is 1. The van der Waals surface area contributed by atoms with Gasteiger partial charge < -0.3 is 10.2 Å². The molecule has 0 atom stereocenters. The number of likely N-dealkylation sites (N-methyl/N-ethyl adjacent to an activating group) is 1. The van der Waals surface area contributed by atoms with Crippen molar-refractivity contribution < 1.29 is 18.0 Å². The number of carbonyl (C=O) groups is 2. The third-order valence-corrected chi connectivity index (χ3v) is 6.71. The van der Waals surface area contributed by atoms with Crippen LogP contribution in [0.15, 0.2) is 29.2 Å². The maximum atomic E-state index is 12.8. The Kier molecular flexibility index (Phi) is 7.82. The van der Waals surface area contributed by atoms with E-state index in [9.17, 15) is 18.0 Å². The van der Waals surface area contributed by atoms with Gasteiger partial charge in [-0.15, -0.1) is 0 Å². The highest BCUT2D eigenvalue weighted by molar-refractivity contribution is 7.89. The van der Waals surface area contributed by atoms with Gasteiger partial charge in [-0.25, -0.2) is 8.42 Å². The van der Waals surface area contributed by atoms with Crippen molar-refractivity contribution in [2.75, 3.05) is 46.3 Å². The summed E-state index contributed by atoms with van der Waals surface area (Å²) in [6, 6.07) is 6.37. The van der Waals surface area contributed by atoms with E-state index in [1.54, 1.807) is 35.0 Å². The summed E-state index contributed by atoms with van der Waals surface area (Å²) in [7, 11) is -1.99. The zero-order valence-corrected chi connectivity index (χ0v) is 18.0. The molecule has 1 aliphatic rings. The van der Waals surface area contributed by atoms with Crippen molar-refractivity contribution >= 4 is 33.4 Å². The van der Waals surface area contributed by atoms with Crippen LogP contribution in [-0.2, 0) is 19.6 Å². The van der Waals surface area contributed by atoms with E-state index < -0.39 is 10.0 Å². The molecule has 156 valence electrons. The van der Waals surface area contributed by atoms with Gasteiger partial charge in [-0.1, -0.05) is 23.7 Å². The quantitative estimate of drug-likeness (QED) is 0.685. The number of piperazine rings is 1. The Hall–Kier alpha value is -1.68. The SMILES string of the molecule is CC(C)NC(=O)CN(C)CC(=O)N1CCN(S(=O)(=O)c2ccccc2Cl)CC1. The number of carbonyl (C=O) groups excluding carboxylic acids is 2. The lowest BCUT2D eigenvalue weighted by atomic mass is 10.3. The van der Waals surface area contributed by atoms with E-state index in [1.165, 1.54) is 10.4 Å². The molecule has 1 aliphatic heterocycles. The number of benzene rings is 1. The van der Waals surface area contributed by atoms with E-state index in [2.05, 4.69) is 5.32 Å². The van der Waals surface area contributed by atoms with Crippen molar-refractivity contribution in [3.8, 4) is 0 Å². The van der Waals surface area contributed by atoms with Crippen LogP contribution in [0.4, 0.5) is 0 Å². The van der Waals surface area contributed by atoms with Crippen molar-refractivity contribution in [2.24, 2.45) is 0 Å². The summed E-state index contributed by atoms with van der Waals surface area (Å²) < 4.78 is 26.9. The normalized spacial score (nSPS) is 15.9. The molecule has 0 saturated carbocycles. The number of hydrogen-bond acceptors (Lipinski definition) is 5. The fourth-order valence-corrected chi connectivity index (χ4v) is 4.89. The first kappa shape index (κ1) is 22.6. The molecule has 0 unspecified atom stereocenters. The minimum absolute atomic E-state index is 0.0461. The number of rotatable bonds is 7. The van der Waals surface area contributed by atoms with Crippen LogP contribution in [0.1, 0.15) is 13.8 Å². The average molecular weight is 431 g/mol. The third kappa shape index (κ3) is 5.91. The zero-order valence-electron chi connectivity index (χ0n) is 16.4. The zero-order chi connectivity index (χ0) is 20.9. The van der Waals surface area contributed by atoms with Crippen LogP contribution >= 0.6 is 11.6 Å². The summed E-state index contributed by atoms with van der Waals surface area (Å²) in [5.41, 5.74) is 0. The van der Waals surface area contributed by atoms with E-state index in [-0.39, 0.29) is 54.0 Å². The minimum Gasteiger partial charge on any atom is -0.353 e. The van der Waals surface area contributed by atoms with E-state index in [4.69, 9.17) is 11.6 Å². The van der Waals surface area contributed by atoms with Gasteiger partial charge in [0.1, 0.15) is 4.90 Å².